The number of imide groups is 1. The smallest absolute Gasteiger partial charge is 0.253 e. The fraction of sp³-hybridized carbons (Fsp3) is 0.895. The lowest BCUT2D eigenvalue weighted by Gasteiger charge is -2.21. The topological polar surface area (TPSA) is 55.8 Å². The van der Waals surface area contributed by atoms with Gasteiger partial charge in [-0.25, -0.2) is 0 Å². The molecule has 1 aliphatic heterocycles. The van der Waals surface area contributed by atoms with E-state index in [1.54, 1.807) is 0 Å². The Kier molecular flexibility index (Phi) is 11.2. The first-order chi connectivity index (χ1) is 12.0. The van der Waals surface area contributed by atoms with E-state index in [4.69, 9.17) is 9.26 Å². The van der Waals surface area contributed by atoms with Crippen LogP contribution in [-0.2, 0) is 18.9 Å². The predicted octanol–water partition coefficient (Wildman–Crippen LogP) is 4.82. The lowest BCUT2D eigenvalue weighted by molar-refractivity contribution is -0.187. The van der Waals surface area contributed by atoms with Crippen molar-refractivity contribution in [2.45, 2.75) is 96.7 Å². The van der Waals surface area contributed by atoms with Gasteiger partial charge in [0, 0.05) is 19.4 Å². The fourth-order valence-electron chi connectivity index (χ4n) is 3.21. The highest BCUT2D eigenvalue weighted by atomic mass is 28.4. The Morgan fingerprint density at radius 1 is 0.840 bits per heavy atom. The summed E-state index contributed by atoms with van der Waals surface area (Å²) in [5.74, 6) is -0.394. The van der Waals surface area contributed by atoms with Crippen LogP contribution in [-0.4, -0.2) is 38.4 Å². The zero-order valence-corrected chi connectivity index (χ0v) is 17.5. The minimum Gasteiger partial charge on any atom is -0.418 e. The van der Waals surface area contributed by atoms with Gasteiger partial charge in [0.2, 0.25) is 0 Å². The van der Waals surface area contributed by atoms with E-state index in [2.05, 4.69) is 20.0 Å². The second-order valence-corrected chi connectivity index (χ2v) is 11.8. The molecule has 0 unspecified atom stereocenters. The number of carbonyl (C=O) groups excluding carboxylic acids is 2. The van der Waals surface area contributed by atoms with Crippen molar-refractivity contribution in [2.24, 2.45) is 0 Å². The van der Waals surface area contributed by atoms with E-state index in [0.717, 1.165) is 24.5 Å². The molecule has 0 atom stereocenters. The summed E-state index contributed by atoms with van der Waals surface area (Å²) in [4.78, 5) is 28.0. The Labute approximate surface area is 154 Å². The second kappa shape index (κ2) is 12.6. The van der Waals surface area contributed by atoms with Gasteiger partial charge in [-0.3, -0.25) is 14.4 Å². The molecule has 146 valence electrons. The van der Waals surface area contributed by atoms with Crippen molar-refractivity contribution in [3.8, 4) is 0 Å². The molecular formula is C19H37NO4Si. The van der Waals surface area contributed by atoms with Crippen molar-refractivity contribution in [2.75, 3.05) is 13.2 Å². The Bertz CT molecular complexity index is 385. The number of hydrogen-bond acceptors (Lipinski definition) is 4. The van der Waals surface area contributed by atoms with Crippen LogP contribution in [0.5, 0.6) is 0 Å². The van der Waals surface area contributed by atoms with Gasteiger partial charge in [-0.2, -0.15) is 5.06 Å². The van der Waals surface area contributed by atoms with Crippen LogP contribution in [0.3, 0.4) is 0 Å². The van der Waals surface area contributed by atoms with E-state index < -0.39 is 8.32 Å². The molecule has 5 nitrogen and oxygen atoms in total. The summed E-state index contributed by atoms with van der Waals surface area (Å²) in [6.07, 6.45) is 11.7. The Hall–Kier alpha value is -0.723. The molecule has 1 rings (SSSR count). The summed E-state index contributed by atoms with van der Waals surface area (Å²) in [5, 5.41) is 0.954. The van der Waals surface area contributed by atoms with Crippen molar-refractivity contribution in [1.82, 2.24) is 5.06 Å². The Balaban J connectivity index is 1.83. The van der Waals surface area contributed by atoms with Crippen molar-refractivity contribution >= 4 is 20.1 Å². The van der Waals surface area contributed by atoms with Crippen LogP contribution in [0.4, 0.5) is 0 Å². The summed E-state index contributed by atoms with van der Waals surface area (Å²) in [6, 6.07) is 1.28. The Morgan fingerprint density at radius 2 is 1.32 bits per heavy atom. The molecule has 0 saturated carbocycles. The average molecular weight is 372 g/mol. The number of hydrogen-bond donors (Lipinski definition) is 0. The van der Waals surface area contributed by atoms with Gasteiger partial charge in [0.25, 0.3) is 11.8 Å². The van der Waals surface area contributed by atoms with Gasteiger partial charge in [-0.05, 0) is 32.5 Å². The SMILES string of the molecule is CCO[Si](C)(C)CCCCCCCCCCCON1C(=O)CCC1=O. The minimum atomic E-state index is -1.37. The zero-order valence-electron chi connectivity index (χ0n) is 16.5. The number of rotatable bonds is 15. The molecule has 1 fully saturated rings. The zero-order chi connectivity index (χ0) is 18.5. The second-order valence-electron chi connectivity index (χ2n) is 7.54. The highest BCUT2D eigenvalue weighted by Gasteiger charge is 2.29. The average Bonchev–Trinajstić information content (AvgIpc) is 2.87. The molecule has 1 heterocycles. The molecule has 1 aliphatic rings. The lowest BCUT2D eigenvalue weighted by Crippen LogP contribution is -2.29. The van der Waals surface area contributed by atoms with Crippen LogP contribution in [0.2, 0.25) is 19.1 Å². The van der Waals surface area contributed by atoms with Crippen molar-refractivity contribution in [3.63, 3.8) is 0 Å². The predicted molar refractivity (Wildman–Crippen MR) is 103 cm³/mol. The van der Waals surface area contributed by atoms with Crippen LogP contribution >= 0.6 is 0 Å². The highest BCUT2D eigenvalue weighted by molar-refractivity contribution is 6.71. The van der Waals surface area contributed by atoms with Crippen LogP contribution in [0.1, 0.15) is 77.6 Å². The molecule has 0 bridgehead atoms. The number of unbranched alkanes of at least 4 members (excludes halogenated alkanes) is 8. The molecule has 0 spiro atoms. The van der Waals surface area contributed by atoms with Crippen LogP contribution in [0.25, 0.3) is 0 Å². The van der Waals surface area contributed by atoms with Crippen molar-refractivity contribution < 1.29 is 18.9 Å². The first-order valence-electron chi connectivity index (χ1n) is 10.1. The molecule has 2 amide bonds. The highest BCUT2D eigenvalue weighted by Crippen LogP contribution is 2.18. The first kappa shape index (κ1) is 22.3. The maximum atomic E-state index is 11.4. The summed E-state index contributed by atoms with van der Waals surface area (Å²) >= 11 is 0. The third kappa shape index (κ3) is 10.1. The molecular weight excluding hydrogens is 334 g/mol. The van der Waals surface area contributed by atoms with Gasteiger partial charge in [0.05, 0.1) is 6.61 Å². The van der Waals surface area contributed by atoms with E-state index >= 15 is 0 Å². The fourth-order valence-corrected chi connectivity index (χ4v) is 5.24. The maximum absolute atomic E-state index is 11.4. The number of hydroxylamine groups is 2. The van der Waals surface area contributed by atoms with Crippen molar-refractivity contribution in [3.05, 3.63) is 0 Å². The number of amides is 2. The first-order valence-corrected chi connectivity index (χ1v) is 13.2. The summed E-state index contributed by atoms with van der Waals surface area (Å²) < 4.78 is 5.85. The molecule has 6 heteroatoms. The molecule has 0 aromatic heterocycles. The third-order valence-corrected chi connectivity index (χ3v) is 7.31. The van der Waals surface area contributed by atoms with E-state index in [9.17, 15) is 9.59 Å². The quantitative estimate of drug-likeness (QED) is 0.235. The van der Waals surface area contributed by atoms with E-state index in [1.807, 2.05) is 0 Å². The number of carbonyl (C=O) groups is 2. The van der Waals surface area contributed by atoms with Gasteiger partial charge in [-0.1, -0.05) is 51.4 Å². The summed E-state index contributed by atoms with van der Waals surface area (Å²) in [5.41, 5.74) is 0. The Morgan fingerprint density at radius 3 is 1.84 bits per heavy atom. The van der Waals surface area contributed by atoms with Gasteiger partial charge in [0.1, 0.15) is 0 Å². The molecule has 0 radical (unpaired) electrons. The summed E-state index contributed by atoms with van der Waals surface area (Å²) in [7, 11) is -1.37. The van der Waals surface area contributed by atoms with Gasteiger partial charge >= 0.3 is 0 Å². The molecule has 0 N–H and O–H groups in total. The van der Waals surface area contributed by atoms with Gasteiger partial charge < -0.3 is 4.43 Å². The van der Waals surface area contributed by atoms with Crippen LogP contribution < -0.4 is 0 Å². The van der Waals surface area contributed by atoms with Crippen LogP contribution in [0.15, 0.2) is 0 Å². The summed E-state index contributed by atoms with van der Waals surface area (Å²) in [6.45, 7) is 8.05. The normalized spacial score (nSPS) is 15.4. The largest absolute Gasteiger partial charge is 0.418 e. The molecule has 0 aromatic carbocycles. The molecule has 25 heavy (non-hydrogen) atoms. The third-order valence-electron chi connectivity index (χ3n) is 4.68. The lowest BCUT2D eigenvalue weighted by atomic mass is 10.1. The number of nitrogens with zero attached hydrogens (tertiary/aromatic N) is 1. The molecule has 0 aliphatic carbocycles. The monoisotopic (exact) mass is 371 g/mol. The minimum absolute atomic E-state index is 0.197. The van der Waals surface area contributed by atoms with E-state index in [-0.39, 0.29) is 11.8 Å². The van der Waals surface area contributed by atoms with E-state index in [0.29, 0.717) is 19.4 Å². The standard InChI is InChI=1S/C19H37NO4Si/c1-4-24-25(2,3)17-13-11-9-7-5-6-8-10-12-16-23-20-18(21)14-15-19(20)22/h4-17H2,1-3H3. The van der Waals surface area contributed by atoms with Crippen LogP contribution in [0, 0.1) is 0 Å². The maximum Gasteiger partial charge on any atom is 0.253 e. The molecule has 0 aromatic rings. The molecule has 1 saturated heterocycles. The van der Waals surface area contributed by atoms with Crippen molar-refractivity contribution in [1.29, 1.82) is 0 Å². The van der Waals surface area contributed by atoms with Gasteiger partial charge in [0.15, 0.2) is 8.32 Å². The van der Waals surface area contributed by atoms with Gasteiger partial charge in [-0.15, -0.1) is 0 Å². The van der Waals surface area contributed by atoms with E-state index in [1.165, 1.54) is 51.0 Å².